The molecule has 0 aliphatic heterocycles. The predicted octanol–water partition coefficient (Wildman–Crippen LogP) is 2.63. The van der Waals surface area contributed by atoms with Crippen molar-refractivity contribution in [3.05, 3.63) is 59.7 Å². The number of hydrogen-bond donors (Lipinski definition) is 4. The summed E-state index contributed by atoms with van der Waals surface area (Å²) < 4.78 is 64.5. The van der Waals surface area contributed by atoms with Gasteiger partial charge in [-0.05, 0) is 128 Å². The van der Waals surface area contributed by atoms with E-state index in [0.717, 1.165) is 129 Å². The average molecular weight is 1470 g/mol. The molecule has 0 aliphatic carbocycles. The summed E-state index contributed by atoms with van der Waals surface area (Å²) in [7, 11) is -5.67. The number of ether oxygens (including phenoxy) is 4. The molecular formula is C58H104AlBrCl3KLiNaO16S4. The average Bonchev–Trinajstić information content (AvgIpc) is 3.50. The van der Waals surface area contributed by atoms with Crippen LogP contribution in [-0.2, 0) is 67.5 Å². The zero-order valence-electron chi connectivity index (χ0n) is 54.5. The Morgan fingerprint density at radius 1 is 0.535 bits per heavy atom. The Morgan fingerprint density at radius 2 is 0.849 bits per heavy atom. The van der Waals surface area contributed by atoms with E-state index in [9.17, 15) is 36.0 Å². The molecule has 16 nitrogen and oxygen atoms in total. The number of carbonyl (C=O) groups is 4. The molecule has 0 saturated carbocycles. The van der Waals surface area contributed by atoms with Crippen molar-refractivity contribution >= 4 is 132 Å². The number of hydrogen-bond acceptors (Lipinski definition) is 18. The Labute approximate surface area is 640 Å². The molecular weight excluding hydrogens is 1360 g/mol. The van der Waals surface area contributed by atoms with Crippen molar-refractivity contribution in [1.82, 2.24) is 0 Å². The van der Waals surface area contributed by atoms with Crippen molar-refractivity contribution in [2.45, 2.75) is 180 Å². The Balaban J connectivity index is -0.000000105. The van der Waals surface area contributed by atoms with E-state index in [0.29, 0.717) is 22.9 Å². The third-order valence-corrected chi connectivity index (χ3v) is 17.7. The second-order valence-corrected chi connectivity index (χ2v) is 27.1. The first-order valence-corrected chi connectivity index (χ1v) is 36.6. The summed E-state index contributed by atoms with van der Waals surface area (Å²) >= 11 is 24.2. The van der Waals surface area contributed by atoms with Gasteiger partial charge in [0.15, 0.2) is 23.3 Å². The van der Waals surface area contributed by atoms with Crippen LogP contribution in [0.3, 0.4) is 0 Å². The largest absolute Gasteiger partial charge is 1.00 e. The van der Waals surface area contributed by atoms with Gasteiger partial charge in [-0.1, -0.05) is 122 Å². The smallest absolute Gasteiger partial charge is 1.00 e. The van der Waals surface area contributed by atoms with Crippen LogP contribution in [0.25, 0.3) is 0 Å². The van der Waals surface area contributed by atoms with Gasteiger partial charge in [0.05, 0.1) is 40.2 Å². The fourth-order valence-corrected chi connectivity index (χ4v) is 11.3. The summed E-state index contributed by atoms with van der Waals surface area (Å²) in [6.07, 6.45) is 19.0. The molecule has 0 spiro atoms. The van der Waals surface area contributed by atoms with Gasteiger partial charge in [0.1, 0.15) is 6.42 Å². The van der Waals surface area contributed by atoms with Crippen LogP contribution < -0.4 is 99.8 Å². The van der Waals surface area contributed by atoms with E-state index < -0.39 is 47.5 Å². The molecule has 4 N–H and O–H groups in total. The third-order valence-electron chi connectivity index (χ3n) is 11.3. The molecule has 0 radical (unpaired) electrons. The second-order valence-electron chi connectivity index (χ2n) is 18.4. The molecule has 0 aromatic heterocycles. The van der Waals surface area contributed by atoms with Crippen molar-refractivity contribution in [2.75, 3.05) is 81.6 Å². The number of unbranched alkanes of at least 4 members (excludes halogenated alkanes) is 12. The number of benzene rings is 2. The molecule has 2 rings (SSSR count). The van der Waals surface area contributed by atoms with Gasteiger partial charge in [-0.2, -0.15) is 0 Å². The summed E-state index contributed by atoms with van der Waals surface area (Å²) in [5.41, 5.74) is 2.07. The molecule has 0 atom stereocenters. The zero-order valence-corrected chi connectivity index (χ0v) is 64.8. The van der Waals surface area contributed by atoms with Gasteiger partial charge in [-0.3, -0.25) is 19.2 Å². The van der Waals surface area contributed by atoms with Gasteiger partial charge >= 0.3 is 124 Å². The minimum Gasteiger partial charge on any atom is -1.00 e. The third kappa shape index (κ3) is 67.3. The van der Waals surface area contributed by atoms with Crippen molar-refractivity contribution in [1.29, 1.82) is 0 Å². The van der Waals surface area contributed by atoms with Crippen LogP contribution in [0.15, 0.2) is 58.3 Å². The standard InChI is InChI=1S/C16H26O4S2.C13H23ClO4.C9H19ClO2.C7H12O4.C7H8O2S2.C6H12BrCl.Al.K.Li.Na.5H/c1-14-7-9-16(10-8-14)22(19,20)21-11-5-3-2-4-6-15(12-17)13-18;1-3-17-12(15)11(13(16)18-4-2)9-7-5-6-8-10-14;10-6-4-2-1-3-5-9(7-11)8-12;1-3-10-6(8)5-7(9)11-4-2;1-6-2-4-7(5-3-6)11(8,9)10;7-5-3-1-2-4-6-8;;;;;;;;;/h7-10,15,17-18H,2-6,11-13H2,1H3;11H,3-10H2,1-2H3;9,11-12H,1-8H2;3-5H2,1-2H3;2-5H,1H3,(H,8,9,10);1-6H2;;;;;;;;;/q;;;;;;;3*+1;;;;2*-1/p-1. The fourth-order valence-electron chi connectivity index (χ4n) is 6.60. The normalized spacial score (nSPS) is 10.3. The fraction of sp³-hybridized carbons (Fsp3) is 0.724. The zero-order chi connectivity index (χ0) is 62.9. The van der Waals surface area contributed by atoms with E-state index in [1.54, 1.807) is 52.0 Å². The van der Waals surface area contributed by atoms with Gasteiger partial charge in [-0.15, -0.1) is 34.8 Å². The first-order valence-electron chi connectivity index (χ1n) is 28.4. The SMILES string of the molecule is CCOC(=O)C(CCCCCCCl)C(=O)OCC.CCOC(=O)CC(=O)OCC.Cc1ccc(S(=O)(=O)SCCCCCCC(CO)CO)cc1.Cc1ccc(S(=O)(=O)[S-])cc1.ClCCCCCCBr.OCC(CO)CCCCCCCl.[AlH3].[H-].[H-].[K+].[Li+].[Na+]. The van der Waals surface area contributed by atoms with E-state index in [1.807, 2.05) is 26.0 Å². The van der Waals surface area contributed by atoms with Crippen LogP contribution >= 0.6 is 61.5 Å². The van der Waals surface area contributed by atoms with Crippen LogP contribution in [0, 0.1) is 31.6 Å². The minimum atomic E-state index is -3.44. The maximum atomic E-state index is 12.1. The Bertz CT molecular complexity index is 2040. The summed E-state index contributed by atoms with van der Waals surface area (Å²) in [5.74, 6) is 0.0709. The van der Waals surface area contributed by atoms with Crippen LogP contribution in [0.5, 0.6) is 0 Å². The molecule has 0 saturated heterocycles. The molecule has 0 amide bonds. The quantitative estimate of drug-likeness (QED) is 0.0110. The molecule has 0 unspecified atom stereocenters. The molecule has 0 aliphatic rings. The van der Waals surface area contributed by atoms with Gasteiger partial charge in [-0.25, -0.2) is 16.8 Å². The summed E-state index contributed by atoms with van der Waals surface area (Å²) in [6, 6.07) is 13.4. The number of aliphatic hydroxyl groups is 4. The van der Waals surface area contributed by atoms with Gasteiger partial charge in [0.2, 0.25) is 8.87 Å². The summed E-state index contributed by atoms with van der Waals surface area (Å²) in [4.78, 5) is 45.0. The monoisotopic (exact) mass is 1460 g/mol. The van der Waals surface area contributed by atoms with E-state index in [1.165, 1.54) is 37.8 Å². The Kier molecular flexibility index (Phi) is 89.8. The number of aryl methyl sites for hydroxylation is 2. The molecule has 2 aromatic rings. The van der Waals surface area contributed by atoms with E-state index in [-0.39, 0.29) is 196 Å². The van der Waals surface area contributed by atoms with E-state index >= 15 is 0 Å². The maximum absolute atomic E-state index is 12.1. The molecule has 0 bridgehead atoms. The van der Waals surface area contributed by atoms with Crippen molar-refractivity contribution in [3.8, 4) is 0 Å². The van der Waals surface area contributed by atoms with Crippen LogP contribution in [0.1, 0.15) is 170 Å². The van der Waals surface area contributed by atoms with E-state index in [2.05, 4.69) is 37.1 Å². The Hall–Kier alpha value is 1.88. The van der Waals surface area contributed by atoms with Crippen LogP contribution in [0.4, 0.5) is 0 Å². The molecule has 0 heterocycles. The topological polar surface area (TPSA) is 254 Å². The number of esters is 4. The van der Waals surface area contributed by atoms with Crippen molar-refractivity contribution in [2.24, 2.45) is 17.8 Å². The van der Waals surface area contributed by atoms with Gasteiger partial charge < -0.3 is 53.9 Å². The van der Waals surface area contributed by atoms with Crippen molar-refractivity contribution in [3.63, 3.8) is 0 Å². The number of alkyl halides is 4. The van der Waals surface area contributed by atoms with Crippen LogP contribution in [-0.4, -0.2) is 160 Å². The van der Waals surface area contributed by atoms with Crippen molar-refractivity contribution < 1.29 is 178 Å². The molecule has 2 aromatic carbocycles. The maximum Gasteiger partial charge on any atom is 1.00 e. The minimum absolute atomic E-state index is 0. The predicted molar refractivity (Wildman–Crippen MR) is 352 cm³/mol. The Morgan fingerprint density at radius 3 is 1.16 bits per heavy atom. The summed E-state index contributed by atoms with van der Waals surface area (Å²) in [5, 5.41) is 36.5. The summed E-state index contributed by atoms with van der Waals surface area (Å²) in [6.45, 7) is 12.0. The van der Waals surface area contributed by atoms with Gasteiger partial charge in [0.25, 0.3) is 0 Å². The number of aliphatic hydroxyl groups excluding tert-OH is 4. The molecule has 490 valence electrons. The molecule has 28 heteroatoms. The molecule has 86 heavy (non-hydrogen) atoms. The number of carbonyl (C=O) groups excluding carboxylic acids is 4. The second kappa shape index (κ2) is 74.3. The first kappa shape index (κ1) is 104. The number of rotatable bonds is 39. The van der Waals surface area contributed by atoms with Gasteiger partial charge in [0, 0.05) is 71.9 Å². The molecule has 0 fully saturated rings. The number of halogens is 4. The van der Waals surface area contributed by atoms with E-state index in [4.69, 9.17) is 64.7 Å². The first-order chi connectivity index (χ1) is 39.1. The van der Waals surface area contributed by atoms with Crippen LogP contribution in [0.2, 0.25) is 0 Å².